The van der Waals surface area contributed by atoms with Crippen molar-refractivity contribution in [2.45, 2.75) is 19.5 Å². The first-order valence-corrected chi connectivity index (χ1v) is 8.18. The first kappa shape index (κ1) is 18.2. The number of fused-ring (bicyclic) bond motifs is 1. The van der Waals surface area contributed by atoms with Crippen molar-refractivity contribution in [3.63, 3.8) is 0 Å². The highest BCUT2D eigenvalue weighted by Crippen LogP contribution is 2.30. The molecule has 1 saturated heterocycles. The van der Waals surface area contributed by atoms with E-state index < -0.39 is 40.7 Å². The highest BCUT2D eigenvalue weighted by Gasteiger charge is 2.27. The molecule has 1 atom stereocenters. The fourth-order valence-electron chi connectivity index (χ4n) is 3.32. The number of anilines is 1. The Labute approximate surface area is 146 Å². The fourth-order valence-corrected chi connectivity index (χ4v) is 3.32. The summed E-state index contributed by atoms with van der Waals surface area (Å²) in [6.07, 6.45) is 0.901. The number of carboxylic acid groups (broad SMARTS) is 1. The van der Waals surface area contributed by atoms with Gasteiger partial charge in [-0.25, -0.2) is 18.0 Å². The topological polar surface area (TPSA) is 74.6 Å². The zero-order chi connectivity index (χ0) is 19.0. The van der Waals surface area contributed by atoms with Crippen molar-refractivity contribution in [2.75, 3.05) is 31.2 Å². The van der Waals surface area contributed by atoms with Gasteiger partial charge in [0.25, 0.3) is 0 Å². The number of carbonyl (C=O) groups is 1. The van der Waals surface area contributed by atoms with Crippen LogP contribution in [-0.4, -0.2) is 48.0 Å². The van der Waals surface area contributed by atoms with Crippen LogP contribution in [0.1, 0.15) is 17.3 Å². The molecule has 1 aliphatic heterocycles. The van der Waals surface area contributed by atoms with Crippen LogP contribution in [0, 0.1) is 11.6 Å². The summed E-state index contributed by atoms with van der Waals surface area (Å²) >= 11 is 0. The standard InChI is InChI=1S/C17H18F3N3O3/c1-9-7-23(5-3-21-9)15-12(19)6-10-14(13(15)20)22(4-2-18)8-11(16(10)24)17(25)26/h6,8-9,21H,2-5,7H2,1H3,(H,25,26). The molecule has 9 heteroatoms. The van der Waals surface area contributed by atoms with Crippen LogP contribution in [0.5, 0.6) is 0 Å². The van der Waals surface area contributed by atoms with Gasteiger partial charge in [0.05, 0.1) is 17.4 Å². The molecule has 1 aliphatic rings. The van der Waals surface area contributed by atoms with Crippen LogP contribution in [0.4, 0.5) is 18.9 Å². The van der Waals surface area contributed by atoms with Crippen molar-refractivity contribution in [3.8, 4) is 0 Å². The number of aromatic nitrogens is 1. The summed E-state index contributed by atoms with van der Waals surface area (Å²) in [4.78, 5) is 25.1. The number of benzene rings is 1. The first-order valence-electron chi connectivity index (χ1n) is 8.18. The lowest BCUT2D eigenvalue weighted by Crippen LogP contribution is -2.49. The quantitative estimate of drug-likeness (QED) is 0.859. The number of pyridine rings is 1. The maximum Gasteiger partial charge on any atom is 0.341 e. The van der Waals surface area contributed by atoms with E-state index in [1.165, 1.54) is 4.90 Å². The van der Waals surface area contributed by atoms with Crippen molar-refractivity contribution in [1.82, 2.24) is 9.88 Å². The summed E-state index contributed by atoms with van der Waals surface area (Å²) in [5.41, 5.74) is -2.24. The second-order valence-electron chi connectivity index (χ2n) is 6.28. The Morgan fingerprint density at radius 2 is 2.15 bits per heavy atom. The van der Waals surface area contributed by atoms with Gasteiger partial charge in [0.15, 0.2) is 5.82 Å². The molecule has 0 saturated carbocycles. The Balaban J connectivity index is 2.31. The van der Waals surface area contributed by atoms with Gasteiger partial charge >= 0.3 is 5.97 Å². The molecule has 0 radical (unpaired) electrons. The van der Waals surface area contributed by atoms with Crippen molar-refractivity contribution >= 4 is 22.6 Å². The molecule has 2 N–H and O–H groups in total. The molecule has 2 aromatic rings. The average Bonchev–Trinajstić information content (AvgIpc) is 2.57. The smallest absolute Gasteiger partial charge is 0.341 e. The maximum atomic E-state index is 15.2. The van der Waals surface area contributed by atoms with E-state index in [1.807, 2.05) is 6.92 Å². The number of nitrogens with one attached hydrogen (secondary N) is 1. The third kappa shape index (κ3) is 3.03. The molecular formula is C17H18F3N3O3. The minimum Gasteiger partial charge on any atom is -0.477 e. The molecule has 2 heterocycles. The number of hydrogen-bond acceptors (Lipinski definition) is 4. The van der Waals surface area contributed by atoms with Crippen molar-refractivity contribution < 1.29 is 23.1 Å². The Hall–Kier alpha value is -2.55. The predicted molar refractivity (Wildman–Crippen MR) is 90.7 cm³/mol. The number of hydrogen-bond donors (Lipinski definition) is 2. The number of nitrogens with zero attached hydrogens (tertiary/aromatic N) is 2. The molecule has 0 bridgehead atoms. The Kier molecular flexibility index (Phi) is 4.90. The summed E-state index contributed by atoms with van der Waals surface area (Å²) in [5.74, 6) is -3.47. The van der Waals surface area contributed by atoms with Crippen LogP contribution in [0.3, 0.4) is 0 Å². The minimum atomic E-state index is -1.54. The number of piperazine rings is 1. The first-order chi connectivity index (χ1) is 12.3. The highest BCUT2D eigenvalue weighted by atomic mass is 19.1. The van der Waals surface area contributed by atoms with Gasteiger partial charge in [-0.05, 0) is 13.0 Å². The molecule has 1 unspecified atom stereocenters. The van der Waals surface area contributed by atoms with Gasteiger partial charge in [-0.2, -0.15) is 0 Å². The summed E-state index contributed by atoms with van der Waals surface area (Å²) in [5, 5.41) is 11.9. The molecule has 1 aromatic carbocycles. The Morgan fingerprint density at radius 1 is 1.42 bits per heavy atom. The molecule has 140 valence electrons. The fraction of sp³-hybridized carbons (Fsp3) is 0.412. The van der Waals surface area contributed by atoms with Gasteiger partial charge in [-0.1, -0.05) is 0 Å². The van der Waals surface area contributed by atoms with E-state index in [2.05, 4.69) is 5.32 Å². The van der Waals surface area contributed by atoms with E-state index in [4.69, 9.17) is 5.11 Å². The van der Waals surface area contributed by atoms with Crippen LogP contribution < -0.4 is 15.6 Å². The van der Waals surface area contributed by atoms with E-state index >= 15 is 4.39 Å². The van der Waals surface area contributed by atoms with Gasteiger partial charge < -0.3 is 19.9 Å². The van der Waals surface area contributed by atoms with E-state index in [0.717, 1.165) is 16.8 Å². The van der Waals surface area contributed by atoms with Crippen molar-refractivity contribution in [1.29, 1.82) is 0 Å². The molecule has 0 aliphatic carbocycles. The summed E-state index contributed by atoms with van der Waals surface area (Å²) in [6, 6.07) is 0.852. The van der Waals surface area contributed by atoms with E-state index in [0.29, 0.717) is 19.6 Å². The second kappa shape index (κ2) is 6.99. The van der Waals surface area contributed by atoms with Crippen LogP contribution in [-0.2, 0) is 6.54 Å². The predicted octanol–water partition coefficient (Wildman–Crippen LogP) is 1.75. The zero-order valence-corrected chi connectivity index (χ0v) is 14.1. The third-order valence-corrected chi connectivity index (χ3v) is 4.47. The lowest BCUT2D eigenvalue weighted by atomic mass is 10.1. The molecular weight excluding hydrogens is 351 g/mol. The molecule has 6 nitrogen and oxygen atoms in total. The normalized spacial score (nSPS) is 17.7. The Bertz CT molecular complexity index is 929. The molecule has 0 spiro atoms. The second-order valence-corrected chi connectivity index (χ2v) is 6.28. The van der Waals surface area contributed by atoms with E-state index in [1.54, 1.807) is 0 Å². The summed E-state index contributed by atoms with van der Waals surface area (Å²) in [6.45, 7) is 1.89. The average molecular weight is 369 g/mol. The molecule has 26 heavy (non-hydrogen) atoms. The van der Waals surface area contributed by atoms with Crippen LogP contribution in [0.2, 0.25) is 0 Å². The lowest BCUT2D eigenvalue weighted by molar-refractivity contribution is 0.0694. The highest BCUT2D eigenvalue weighted by molar-refractivity contribution is 5.93. The largest absolute Gasteiger partial charge is 0.477 e. The monoisotopic (exact) mass is 369 g/mol. The Morgan fingerprint density at radius 3 is 2.77 bits per heavy atom. The van der Waals surface area contributed by atoms with Crippen LogP contribution >= 0.6 is 0 Å². The number of rotatable bonds is 4. The molecule has 1 fully saturated rings. The maximum absolute atomic E-state index is 15.2. The van der Waals surface area contributed by atoms with Crippen LogP contribution in [0.15, 0.2) is 17.1 Å². The number of alkyl halides is 1. The number of carboxylic acids is 1. The van der Waals surface area contributed by atoms with Crippen molar-refractivity contribution in [2.24, 2.45) is 0 Å². The number of halogens is 3. The summed E-state index contributed by atoms with van der Waals surface area (Å²) in [7, 11) is 0. The van der Waals surface area contributed by atoms with Gasteiger partial charge in [-0.15, -0.1) is 0 Å². The van der Waals surface area contributed by atoms with Gasteiger partial charge in [0, 0.05) is 31.9 Å². The minimum absolute atomic E-state index is 0.0145. The van der Waals surface area contributed by atoms with Crippen molar-refractivity contribution in [3.05, 3.63) is 39.7 Å². The lowest BCUT2D eigenvalue weighted by Gasteiger charge is -2.34. The van der Waals surface area contributed by atoms with Gasteiger partial charge in [-0.3, -0.25) is 4.79 Å². The number of aromatic carboxylic acids is 1. The van der Waals surface area contributed by atoms with E-state index in [-0.39, 0.29) is 23.8 Å². The molecule has 0 amide bonds. The zero-order valence-electron chi connectivity index (χ0n) is 14.1. The van der Waals surface area contributed by atoms with Crippen LogP contribution in [0.25, 0.3) is 10.9 Å². The van der Waals surface area contributed by atoms with E-state index in [9.17, 15) is 18.4 Å². The number of aryl methyl sites for hydroxylation is 1. The molecule has 1 aromatic heterocycles. The third-order valence-electron chi connectivity index (χ3n) is 4.47. The molecule has 3 rings (SSSR count). The summed E-state index contributed by atoms with van der Waals surface area (Å²) < 4.78 is 43.8. The van der Waals surface area contributed by atoms with Gasteiger partial charge in [0.1, 0.15) is 23.7 Å². The SMILES string of the molecule is CC1CN(c2c(F)cc3c(=O)c(C(=O)O)cn(CCF)c3c2F)CCN1. The van der Waals surface area contributed by atoms with Gasteiger partial charge in [0.2, 0.25) is 5.43 Å².